The van der Waals surface area contributed by atoms with Crippen molar-refractivity contribution in [1.82, 2.24) is 9.55 Å². The molecule has 2 N–H and O–H groups in total. The molecule has 0 aliphatic heterocycles. The van der Waals surface area contributed by atoms with Crippen molar-refractivity contribution in [2.75, 3.05) is 12.4 Å². The van der Waals surface area contributed by atoms with Crippen molar-refractivity contribution in [2.24, 2.45) is 0 Å². The van der Waals surface area contributed by atoms with E-state index in [2.05, 4.69) is 10.3 Å². The lowest BCUT2D eigenvalue weighted by molar-refractivity contribution is 0.252. The molecule has 2 heterocycles. The van der Waals surface area contributed by atoms with Gasteiger partial charge in [-0.3, -0.25) is 15.3 Å². The molecule has 2 aromatic heterocycles. The van der Waals surface area contributed by atoms with Crippen LogP contribution in [0.1, 0.15) is 5.56 Å². The number of hydrogen-bond donors (Lipinski definition) is 2. The molecule has 0 spiro atoms. The lowest BCUT2D eigenvalue weighted by Gasteiger charge is -2.12. The maximum absolute atomic E-state index is 12.5. The van der Waals surface area contributed by atoms with Crippen molar-refractivity contribution in [2.45, 2.75) is 6.92 Å². The van der Waals surface area contributed by atoms with Gasteiger partial charge in [0.2, 0.25) is 0 Å². The first-order valence-corrected chi connectivity index (χ1v) is 7.73. The van der Waals surface area contributed by atoms with E-state index in [1.807, 2.05) is 31.2 Å². The fourth-order valence-electron chi connectivity index (χ4n) is 2.52. The SMILES string of the molecule is COc1ccc(-c2ccc(=N)n(C(=O)Nc3ccccn3)c2)c(C)c1. The number of carbonyl (C=O) groups is 1. The Morgan fingerprint density at radius 1 is 1.20 bits per heavy atom. The van der Waals surface area contributed by atoms with E-state index in [0.29, 0.717) is 5.82 Å². The Hall–Kier alpha value is -3.41. The fourth-order valence-corrected chi connectivity index (χ4v) is 2.52. The Kier molecular flexibility index (Phi) is 4.61. The summed E-state index contributed by atoms with van der Waals surface area (Å²) in [6, 6.07) is 14.0. The van der Waals surface area contributed by atoms with Gasteiger partial charge in [-0.15, -0.1) is 0 Å². The number of methoxy groups -OCH3 is 1. The maximum Gasteiger partial charge on any atom is 0.332 e. The van der Waals surface area contributed by atoms with Crippen LogP contribution in [0.4, 0.5) is 10.6 Å². The molecule has 3 rings (SSSR count). The maximum atomic E-state index is 12.5. The predicted octanol–water partition coefficient (Wildman–Crippen LogP) is 3.43. The number of carbonyl (C=O) groups excluding carboxylic acids is 1. The third-order valence-electron chi connectivity index (χ3n) is 3.81. The van der Waals surface area contributed by atoms with E-state index in [9.17, 15) is 4.79 Å². The molecule has 3 aromatic rings. The number of nitrogens with one attached hydrogen (secondary N) is 2. The highest BCUT2D eigenvalue weighted by Gasteiger charge is 2.10. The Morgan fingerprint density at radius 3 is 2.72 bits per heavy atom. The van der Waals surface area contributed by atoms with Gasteiger partial charge in [-0.25, -0.2) is 9.78 Å². The van der Waals surface area contributed by atoms with Crippen molar-refractivity contribution in [3.63, 3.8) is 0 Å². The molecule has 0 aliphatic rings. The van der Waals surface area contributed by atoms with E-state index in [1.165, 1.54) is 4.57 Å². The van der Waals surface area contributed by atoms with Crippen molar-refractivity contribution in [3.05, 3.63) is 72.0 Å². The van der Waals surface area contributed by atoms with E-state index in [0.717, 1.165) is 22.4 Å². The van der Waals surface area contributed by atoms with E-state index in [4.69, 9.17) is 10.1 Å². The molecule has 0 fully saturated rings. The third kappa shape index (κ3) is 3.58. The van der Waals surface area contributed by atoms with Gasteiger partial charge in [0.1, 0.15) is 17.1 Å². The molecule has 0 unspecified atom stereocenters. The second-order valence-electron chi connectivity index (χ2n) is 5.50. The summed E-state index contributed by atoms with van der Waals surface area (Å²) in [5.41, 5.74) is 2.92. The fraction of sp³-hybridized carbons (Fsp3) is 0.105. The third-order valence-corrected chi connectivity index (χ3v) is 3.81. The highest BCUT2D eigenvalue weighted by atomic mass is 16.5. The van der Waals surface area contributed by atoms with Crippen LogP contribution in [0.5, 0.6) is 5.75 Å². The Labute approximate surface area is 145 Å². The summed E-state index contributed by atoms with van der Waals surface area (Å²) in [5, 5.41) is 10.7. The average molecular weight is 334 g/mol. The molecule has 126 valence electrons. The van der Waals surface area contributed by atoms with Gasteiger partial charge in [0.15, 0.2) is 0 Å². The molecule has 25 heavy (non-hydrogen) atoms. The smallest absolute Gasteiger partial charge is 0.332 e. The molecule has 0 saturated carbocycles. The highest BCUT2D eigenvalue weighted by molar-refractivity contribution is 5.90. The molecule has 1 amide bonds. The molecule has 0 radical (unpaired) electrons. The van der Waals surface area contributed by atoms with E-state index < -0.39 is 6.03 Å². The highest BCUT2D eigenvalue weighted by Crippen LogP contribution is 2.26. The van der Waals surface area contributed by atoms with E-state index in [-0.39, 0.29) is 5.49 Å². The molecule has 0 atom stereocenters. The summed E-state index contributed by atoms with van der Waals surface area (Å²) in [6.07, 6.45) is 3.24. The first kappa shape index (κ1) is 16.4. The summed E-state index contributed by atoms with van der Waals surface area (Å²) in [4.78, 5) is 16.5. The number of aryl methyl sites for hydroxylation is 1. The van der Waals surface area contributed by atoms with Crippen molar-refractivity contribution in [3.8, 4) is 16.9 Å². The lowest BCUT2D eigenvalue weighted by atomic mass is 10.0. The molecule has 6 heteroatoms. The van der Waals surface area contributed by atoms with Gasteiger partial charge in [0, 0.05) is 12.4 Å². The average Bonchev–Trinajstić information content (AvgIpc) is 2.63. The van der Waals surface area contributed by atoms with Gasteiger partial charge in [-0.05, 0) is 60.0 Å². The van der Waals surface area contributed by atoms with Gasteiger partial charge < -0.3 is 4.74 Å². The topological polar surface area (TPSA) is 80.0 Å². The van der Waals surface area contributed by atoms with E-state index in [1.54, 1.807) is 43.8 Å². The first-order valence-electron chi connectivity index (χ1n) is 7.73. The standard InChI is InChI=1S/C19H18N4O2/c1-13-11-15(25-2)7-8-16(13)14-6-9-17(20)23(12-14)19(24)22-18-5-3-4-10-21-18/h3-12,20H,1-2H3,(H,21,22,24). The van der Waals surface area contributed by atoms with Crippen LogP contribution in [0, 0.1) is 12.3 Å². The van der Waals surface area contributed by atoms with Gasteiger partial charge in [0.05, 0.1) is 7.11 Å². The quantitative estimate of drug-likeness (QED) is 0.770. The normalized spacial score (nSPS) is 10.3. The molecule has 1 aromatic carbocycles. The molecular formula is C19H18N4O2. The lowest BCUT2D eigenvalue weighted by Crippen LogP contribution is -2.30. The van der Waals surface area contributed by atoms with Crippen LogP contribution in [-0.4, -0.2) is 22.7 Å². The number of amides is 1. The summed E-state index contributed by atoms with van der Waals surface area (Å²) in [7, 11) is 1.62. The van der Waals surface area contributed by atoms with Gasteiger partial charge in [-0.1, -0.05) is 12.1 Å². The number of aromatic nitrogens is 2. The van der Waals surface area contributed by atoms with Crippen LogP contribution in [0.2, 0.25) is 0 Å². The molecular weight excluding hydrogens is 316 g/mol. The van der Waals surface area contributed by atoms with Crippen LogP contribution < -0.4 is 15.5 Å². The largest absolute Gasteiger partial charge is 0.497 e. The number of benzene rings is 1. The van der Waals surface area contributed by atoms with Crippen LogP contribution >= 0.6 is 0 Å². The van der Waals surface area contributed by atoms with Crippen molar-refractivity contribution in [1.29, 1.82) is 5.41 Å². The van der Waals surface area contributed by atoms with E-state index >= 15 is 0 Å². The number of anilines is 1. The van der Waals surface area contributed by atoms with Gasteiger partial charge in [0.25, 0.3) is 0 Å². The van der Waals surface area contributed by atoms with Crippen LogP contribution in [-0.2, 0) is 0 Å². The number of nitrogens with zero attached hydrogens (tertiary/aromatic N) is 2. The zero-order valence-electron chi connectivity index (χ0n) is 14.0. The monoisotopic (exact) mass is 334 g/mol. The van der Waals surface area contributed by atoms with Crippen LogP contribution in [0.15, 0.2) is 60.9 Å². The van der Waals surface area contributed by atoms with Gasteiger partial charge >= 0.3 is 6.03 Å². The minimum atomic E-state index is -0.434. The number of hydrogen-bond acceptors (Lipinski definition) is 4. The first-order chi connectivity index (χ1) is 12.1. The minimum Gasteiger partial charge on any atom is -0.497 e. The van der Waals surface area contributed by atoms with Gasteiger partial charge in [-0.2, -0.15) is 0 Å². The zero-order valence-corrected chi connectivity index (χ0v) is 14.0. The summed E-state index contributed by atoms with van der Waals surface area (Å²) >= 11 is 0. The molecule has 0 aliphatic carbocycles. The second kappa shape index (κ2) is 7.00. The summed E-state index contributed by atoms with van der Waals surface area (Å²) < 4.78 is 6.48. The molecule has 6 nitrogen and oxygen atoms in total. The molecule has 0 bridgehead atoms. The number of rotatable bonds is 3. The summed E-state index contributed by atoms with van der Waals surface area (Å²) in [6.45, 7) is 1.98. The summed E-state index contributed by atoms with van der Waals surface area (Å²) in [5.74, 6) is 1.21. The number of ether oxygens (including phenoxy) is 1. The van der Waals surface area contributed by atoms with Crippen LogP contribution in [0.25, 0.3) is 11.1 Å². The Bertz CT molecular complexity index is 965. The minimum absolute atomic E-state index is 0.0864. The van der Waals surface area contributed by atoms with Crippen molar-refractivity contribution >= 4 is 11.8 Å². The molecule has 0 saturated heterocycles. The zero-order chi connectivity index (χ0) is 17.8. The van der Waals surface area contributed by atoms with Crippen molar-refractivity contribution < 1.29 is 9.53 Å². The van der Waals surface area contributed by atoms with Crippen LogP contribution in [0.3, 0.4) is 0 Å². The predicted molar refractivity (Wildman–Crippen MR) is 95.7 cm³/mol. The Morgan fingerprint density at radius 2 is 2.04 bits per heavy atom. The Balaban J connectivity index is 1.96. The number of pyridine rings is 2. The second-order valence-corrected chi connectivity index (χ2v) is 5.50.